The van der Waals surface area contributed by atoms with Crippen LogP contribution in [0.1, 0.15) is 12.8 Å². The molecule has 0 spiro atoms. The van der Waals surface area contributed by atoms with Crippen LogP contribution in [0.25, 0.3) is 0 Å². The molecule has 7 heteroatoms. The summed E-state index contributed by atoms with van der Waals surface area (Å²) in [6, 6.07) is 0. The number of carboxylic acid groups (broad SMARTS) is 2. The van der Waals surface area contributed by atoms with E-state index in [9.17, 15) is 14.4 Å². The monoisotopic (exact) mass is 230 g/mol. The molecule has 0 heterocycles. The van der Waals surface area contributed by atoms with E-state index in [0.29, 0.717) is 0 Å². The predicted octanol–water partition coefficient (Wildman–Crippen LogP) is -2.33. The fourth-order valence-electron chi connectivity index (χ4n) is 0.327. The first-order valence-corrected chi connectivity index (χ1v) is 2.52. The molecule has 0 fully saturated rings. The van der Waals surface area contributed by atoms with Gasteiger partial charge in [-0.3, -0.25) is 9.59 Å². The average molecular weight is 230 g/mol. The van der Waals surface area contributed by atoms with E-state index >= 15 is 0 Å². The molecule has 64 valence electrons. The maximum absolute atomic E-state index is 10.2. The van der Waals surface area contributed by atoms with Crippen LogP contribution in [0.3, 0.4) is 0 Å². The molecular formula is C5H10Ca2O5. The first-order valence-electron chi connectivity index (χ1n) is 2.52. The molecule has 0 radical (unpaired) electrons. The number of Topliss-reactive ketones (excluding diaryl/α,β-unsaturated/α-hetero) is 1. The topological polar surface area (TPSA) is 91.7 Å². The Hall–Kier alpha value is 1.13. The van der Waals surface area contributed by atoms with Gasteiger partial charge in [-0.05, 0) is 0 Å². The fourth-order valence-corrected chi connectivity index (χ4v) is 0.327. The SMILES string of the molecule is O=C(O)CCC(=O)C(=O)O.[CaH2].[CaH2]. The first kappa shape index (κ1) is 18.8. The molecule has 0 rings (SSSR count). The van der Waals surface area contributed by atoms with E-state index in [-0.39, 0.29) is 75.5 Å². The Labute approximate surface area is 129 Å². The van der Waals surface area contributed by atoms with E-state index in [1.807, 2.05) is 0 Å². The Bertz CT molecular complexity index is 179. The van der Waals surface area contributed by atoms with Gasteiger partial charge in [0, 0.05) is 6.42 Å². The molecule has 0 bridgehead atoms. The molecule has 0 amide bonds. The van der Waals surface area contributed by atoms with Crippen molar-refractivity contribution in [1.29, 1.82) is 0 Å². The summed E-state index contributed by atoms with van der Waals surface area (Å²) in [5.41, 5.74) is 0. The van der Waals surface area contributed by atoms with Crippen LogP contribution in [-0.2, 0) is 14.4 Å². The van der Waals surface area contributed by atoms with Crippen molar-refractivity contribution in [3.05, 3.63) is 0 Å². The molecule has 0 aliphatic rings. The molecule has 2 N–H and O–H groups in total. The van der Waals surface area contributed by atoms with Crippen molar-refractivity contribution in [1.82, 2.24) is 0 Å². The molecule has 5 nitrogen and oxygen atoms in total. The van der Waals surface area contributed by atoms with Crippen LogP contribution in [0.2, 0.25) is 0 Å². The summed E-state index contributed by atoms with van der Waals surface area (Å²) in [5.74, 6) is -3.82. The second-order valence-corrected chi connectivity index (χ2v) is 1.62. The third-order valence-electron chi connectivity index (χ3n) is 0.804. The van der Waals surface area contributed by atoms with Gasteiger partial charge in [0.2, 0.25) is 5.78 Å². The third-order valence-corrected chi connectivity index (χ3v) is 0.804. The van der Waals surface area contributed by atoms with E-state index in [2.05, 4.69) is 0 Å². The fraction of sp³-hybridized carbons (Fsp3) is 0.400. The van der Waals surface area contributed by atoms with Crippen LogP contribution in [0.15, 0.2) is 0 Å². The van der Waals surface area contributed by atoms with Gasteiger partial charge in [-0.1, -0.05) is 0 Å². The van der Waals surface area contributed by atoms with Crippen LogP contribution in [-0.4, -0.2) is 103 Å². The van der Waals surface area contributed by atoms with Gasteiger partial charge in [0.25, 0.3) is 0 Å². The molecule has 0 aromatic heterocycles. The summed E-state index contributed by atoms with van der Waals surface area (Å²) < 4.78 is 0. The second-order valence-electron chi connectivity index (χ2n) is 1.62. The van der Waals surface area contributed by atoms with Gasteiger partial charge < -0.3 is 10.2 Å². The van der Waals surface area contributed by atoms with E-state index in [1.165, 1.54) is 0 Å². The normalized spacial score (nSPS) is 7.33. The Kier molecular flexibility index (Phi) is 16.0. The van der Waals surface area contributed by atoms with E-state index in [1.54, 1.807) is 0 Å². The van der Waals surface area contributed by atoms with Crippen molar-refractivity contribution in [2.24, 2.45) is 0 Å². The molecule has 0 atom stereocenters. The summed E-state index contributed by atoms with van der Waals surface area (Å²) in [4.78, 5) is 29.7. The van der Waals surface area contributed by atoms with Gasteiger partial charge in [0.05, 0.1) is 6.42 Å². The Balaban J connectivity index is -0.000000405. The summed E-state index contributed by atoms with van der Waals surface area (Å²) in [6.07, 6.45) is -0.865. The molecule has 0 saturated carbocycles. The van der Waals surface area contributed by atoms with Crippen molar-refractivity contribution >= 4 is 93.2 Å². The number of carboxylic acids is 2. The van der Waals surface area contributed by atoms with Crippen molar-refractivity contribution in [2.75, 3.05) is 0 Å². The van der Waals surface area contributed by atoms with Crippen molar-refractivity contribution in [3.63, 3.8) is 0 Å². The molecule has 0 aliphatic carbocycles. The van der Waals surface area contributed by atoms with Crippen LogP contribution in [0.5, 0.6) is 0 Å². The van der Waals surface area contributed by atoms with Crippen LogP contribution >= 0.6 is 0 Å². The zero-order valence-electron chi connectivity index (χ0n) is 5.03. The molecular weight excluding hydrogens is 220 g/mol. The van der Waals surface area contributed by atoms with Crippen LogP contribution in [0.4, 0.5) is 0 Å². The van der Waals surface area contributed by atoms with Crippen LogP contribution < -0.4 is 0 Å². The molecule has 0 aliphatic heterocycles. The number of rotatable bonds is 4. The molecule has 0 aromatic rings. The summed E-state index contributed by atoms with van der Waals surface area (Å²) in [5, 5.41) is 16.0. The third kappa shape index (κ3) is 11.1. The van der Waals surface area contributed by atoms with E-state index in [0.717, 1.165) is 0 Å². The summed E-state index contributed by atoms with van der Waals surface area (Å²) in [6.45, 7) is 0. The van der Waals surface area contributed by atoms with Crippen molar-refractivity contribution < 1.29 is 24.6 Å². The maximum atomic E-state index is 10.2. The summed E-state index contributed by atoms with van der Waals surface area (Å²) >= 11 is 0. The number of hydrogen-bond acceptors (Lipinski definition) is 3. The van der Waals surface area contributed by atoms with Gasteiger partial charge in [0.15, 0.2) is 0 Å². The van der Waals surface area contributed by atoms with Gasteiger partial charge in [-0.25, -0.2) is 4.79 Å². The second kappa shape index (κ2) is 10.2. The standard InChI is InChI=1S/C5H6O5.2Ca.4H/c6-3(5(9)10)1-2-4(7)8;;;;;;/h1-2H2,(H,7,8)(H,9,10);;;;;;. The van der Waals surface area contributed by atoms with E-state index in [4.69, 9.17) is 10.2 Å². The number of hydrogen-bond donors (Lipinski definition) is 2. The number of ketones is 1. The minimum absolute atomic E-state index is 0. The van der Waals surface area contributed by atoms with Gasteiger partial charge >= 0.3 is 87.4 Å². The summed E-state index contributed by atoms with van der Waals surface area (Å²) in [7, 11) is 0. The van der Waals surface area contributed by atoms with Crippen molar-refractivity contribution in [2.45, 2.75) is 12.8 Å². The van der Waals surface area contributed by atoms with Crippen molar-refractivity contribution in [3.8, 4) is 0 Å². The number of aliphatic carboxylic acids is 2. The minimum atomic E-state index is -1.58. The molecule has 0 unspecified atom stereocenters. The number of carbonyl (C=O) groups is 3. The Morgan fingerprint density at radius 3 is 1.58 bits per heavy atom. The molecule has 0 aromatic carbocycles. The van der Waals surface area contributed by atoms with Crippen LogP contribution in [0, 0.1) is 0 Å². The van der Waals surface area contributed by atoms with Gasteiger partial charge in [-0.2, -0.15) is 0 Å². The molecule has 0 saturated heterocycles. The average Bonchev–Trinajstić information content (AvgIpc) is 1.82. The number of carbonyl (C=O) groups excluding carboxylic acids is 1. The Morgan fingerprint density at radius 1 is 0.917 bits per heavy atom. The van der Waals surface area contributed by atoms with Gasteiger partial charge in [0.1, 0.15) is 0 Å². The van der Waals surface area contributed by atoms with E-state index < -0.39 is 30.6 Å². The zero-order chi connectivity index (χ0) is 8.15. The first-order chi connectivity index (χ1) is 4.54. The Morgan fingerprint density at radius 2 is 1.33 bits per heavy atom. The zero-order valence-corrected chi connectivity index (χ0v) is 5.03. The predicted molar refractivity (Wildman–Crippen MR) is 46.6 cm³/mol. The van der Waals surface area contributed by atoms with Gasteiger partial charge in [-0.15, -0.1) is 0 Å². The molecule has 12 heavy (non-hydrogen) atoms. The quantitative estimate of drug-likeness (QED) is 0.417.